The highest BCUT2D eigenvalue weighted by Crippen LogP contribution is 2.33. The summed E-state index contributed by atoms with van der Waals surface area (Å²) in [5, 5.41) is 0. The molecule has 1 aromatic carbocycles. The minimum Gasteiger partial charge on any atom is -0.486 e. The highest BCUT2D eigenvalue weighted by Gasteiger charge is 2.16. The number of benzene rings is 1. The Bertz CT molecular complexity index is 574. The number of hydrogen-bond acceptors (Lipinski definition) is 4. The van der Waals surface area contributed by atoms with Crippen molar-refractivity contribution in [1.29, 1.82) is 0 Å². The number of hydrogen-bond donors (Lipinski definition) is 1. The molecule has 0 saturated carbocycles. The van der Waals surface area contributed by atoms with Crippen LogP contribution in [-0.4, -0.2) is 47.7 Å². The molecular weight excluding hydrogens is 254 g/mol. The molecule has 2 aliphatic heterocycles. The Balaban J connectivity index is 1.55. The van der Waals surface area contributed by atoms with Crippen molar-refractivity contribution in [3.63, 3.8) is 0 Å². The van der Waals surface area contributed by atoms with E-state index in [4.69, 9.17) is 9.47 Å². The molecule has 2 aromatic rings. The number of nitrogens with one attached hydrogen (secondary N) is 1. The molecule has 5 nitrogen and oxygen atoms in total. The molecule has 0 aliphatic carbocycles. The number of likely N-dealkylation sites (tertiary alicyclic amines) is 1. The van der Waals surface area contributed by atoms with Gasteiger partial charge in [0.1, 0.15) is 19.0 Å². The first-order valence-electron chi connectivity index (χ1n) is 7.39. The highest BCUT2D eigenvalue weighted by molar-refractivity contribution is 5.79. The predicted octanol–water partition coefficient (Wildman–Crippen LogP) is 1.97. The third-order valence-electron chi connectivity index (χ3n) is 4.06. The zero-order valence-electron chi connectivity index (χ0n) is 11.5. The van der Waals surface area contributed by atoms with Crippen LogP contribution in [0.5, 0.6) is 11.5 Å². The number of aromatic amines is 1. The summed E-state index contributed by atoms with van der Waals surface area (Å²) < 4.78 is 11.2. The van der Waals surface area contributed by atoms with E-state index >= 15 is 0 Å². The molecule has 4 rings (SSSR count). The molecule has 0 amide bonds. The van der Waals surface area contributed by atoms with Crippen LogP contribution in [0.4, 0.5) is 0 Å². The summed E-state index contributed by atoms with van der Waals surface area (Å²) in [6.45, 7) is 4.79. The molecule has 3 heterocycles. The van der Waals surface area contributed by atoms with Gasteiger partial charge in [-0.2, -0.15) is 0 Å². The second kappa shape index (κ2) is 4.98. The molecule has 1 aromatic heterocycles. The normalized spacial score (nSPS) is 18.8. The quantitative estimate of drug-likeness (QED) is 0.929. The number of H-pyrrole nitrogens is 1. The van der Waals surface area contributed by atoms with Crippen molar-refractivity contribution in [2.75, 3.05) is 32.8 Å². The van der Waals surface area contributed by atoms with E-state index in [9.17, 15) is 0 Å². The molecule has 0 atom stereocenters. The van der Waals surface area contributed by atoms with Crippen molar-refractivity contribution in [2.24, 2.45) is 0 Å². The third-order valence-corrected chi connectivity index (χ3v) is 4.06. The first-order chi connectivity index (χ1) is 9.88. The van der Waals surface area contributed by atoms with Gasteiger partial charge in [-0.3, -0.25) is 0 Å². The summed E-state index contributed by atoms with van der Waals surface area (Å²) in [6, 6.07) is 3.97. The van der Waals surface area contributed by atoms with E-state index in [1.807, 2.05) is 12.1 Å². The fourth-order valence-electron chi connectivity index (χ4n) is 2.99. The van der Waals surface area contributed by atoms with Crippen LogP contribution in [0.15, 0.2) is 12.1 Å². The van der Waals surface area contributed by atoms with Crippen LogP contribution in [0.3, 0.4) is 0 Å². The van der Waals surface area contributed by atoms with E-state index in [1.54, 1.807) is 0 Å². The largest absolute Gasteiger partial charge is 0.486 e. The van der Waals surface area contributed by atoms with Gasteiger partial charge in [0.25, 0.3) is 0 Å². The molecule has 1 saturated heterocycles. The summed E-state index contributed by atoms with van der Waals surface area (Å²) in [4.78, 5) is 10.6. The van der Waals surface area contributed by atoms with Gasteiger partial charge in [-0.25, -0.2) is 4.98 Å². The Hall–Kier alpha value is -1.75. The molecule has 0 spiro atoms. The maximum Gasteiger partial charge on any atom is 0.163 e. The minimum absolute atomic E-state index is 0.616. The smallest absolute Gasteiger partial charge is 0.163 e. The lowest BCUT2D eigenvalue weighted by Gasteiger charge is -2.17. The van der Waals surface area contributed by atoms with Crippen LogP contribution in [0.25, 0.3) is 11.0 Å². The van der Waals surface area contributed by atoms with Gasteiger partial charge in [0, 0.05) is 25.1 Å². The second-order valence-electron chi connectivity index (χ2n) is 5.50. The van der Waals surface area contributed by atoms with Gasteiger partial charge in [0.15, 0.2) is 11.5 Å². The van der Waals surface area contributed by atoms with Gasteiger partial charge in [0.05, 0.1) is 11.0 Å². The van der Waals surface area contributed by atoms with Crippen molar-refractivity contribution in [1.82, 2.24) is 14.9 Å². The fraction of sp³-hybridized carbons (Fsp3) is 0.533. The molecule has 0 radical (unpaired) electrons. The number of imidazole rings is 1. The predicted molar refractivity (Wildman–Crippen MR) is 76.5 cm³/mol. The maximum absolute atomic E-state index is 5.60. The summed E-state index contributed by atoms with van der Waals surface area (Å²) >= 11 is 0. The summed E-state index contributed by atoms with van der Waals surface area (Å²) in [6.07, 6.45) is 3.64. The van der Waals surface area contributed by atoms with Gasteiger partial charge in [0.2, 0.25) is 0 Å². The number of ether oxygens (including phenoxy) is 2. The lowest BCUT2D eigenvalue weighted by Crippen LogP contribution is -2.22. The van der Waals surface area contributed by atoms with E-state index in [0.717, 1.165) is 41.3 Å². The van der Waals surface area contributed by atoms with E-state index in [2.05, 4.69) is 14.9 Å². The van der Waals surface area contributed by atoms with Gasteiger partial charge < -0.3 is 19.4 Å². The summed E-state index contributed by atoms with van der Waals surface area (Å²) in [5.41, 5.74) is 2.00. The molecule has 106 valence electrons. The van der Waals surface area contributed by atoms with Crippen LogP contribution in [0.1, 0.15) is 18.7 Å². The van der Waals surface area contributed by atoms with E-state index in [1.165, 1.54) is 25.9 Å². The van der Waals surface area contributed by atoms with E-state index < -0.39 is 0 Å². The zero-order valence-corrected chi connectivity index (χ0v) is 11.5. The van der Waals surface area contributed by atoms with Crippen molar-refractivity contribution >= 4 is 11.0 Å². The Morgan fingerprint density at radius 2 is 1.85 bits per heavy atom. The van der Waals surface area contributed by atoms with Gasteiger partial charge in [-0.15, -0.1) is 0 Å². The first-order valence-corrected chi connectivity index (χ1v) is 7.39. The molecule has 1 N–H and O–H groups in total. The lowest BCUT2D eigenvalue weighted by atomic mass is 10.2. The second-order valence-corrected chi connectivity index (χ2v) is 5.50. The van der Waals surface area contributed by atoms with Crippen LogP contribution in [0.2, 0.25) is 0 Å². The number of aromatic nitrogens is 2. The standard InChI is InChI=1S/C15H19N3O2/c1-2-5-18(4-1)6-3-15-16-11-9-13-14(10-12(11)17-15)20-8-7-19-13/h9-10H,1-8H2,(H,16,17). The Kier molecular flexibility index (Phi) is 2.99. The molecule has 2 aliphatic rings. The highest BCUT2D eigenvalue weighted by atomic mass is 16.6. The number of fused-ring (bicyclic) bond motifs is 2. The maximum atomic E-state index is 5.60. The van der Waals surface area contributed by atoms with Crippen molar-refractivity contribution in [3.05, 3.63) is 18.0 Å². The average Bonchev–Trinajstić information content (AvgIpc) is 3.11. The molecule has 0 unspecified atom stereocenters. The van der Waals surface area contributed by atoms with Crippen LogP contribution in [0, 0.1) is 0 Å². The third kappa shape index (κ3) is 2.22. The topological polar surface area (TPSA) is 50.4 Å². The zero-order chi connectivity index (χ0) is 13.4. The van der Waals surface area contributed by atoms with E-state index in [-0.39, 0.29) is 0 Å². The van der Waals surface area contributed by atoms with Gasteiger partial charge in [-0.05, 0) is 25.9 Å². The van der Waals surface area contributed by atoms with E-state index in [0.29, 0.717) is 13.2 Å². The van der Waals surface area contributed by atoms with Crippen molar-refractivity contribution in [3.8, 4) is 11.5 Å². The number of rotatable bonds is 3. The average molecular weight is 273 g/mol. The summed E-state index contributed by atoms with van der Waals surface area (Å²) in [5.74, 6) is 2.68. The Morgan fingerprint density at radius 3 is 2.65 bits per heavy atom. The number of nitrogens with zero attached hydrogens (tertiary/aromatic N) is 2. The van der Waals surface area contributed by atoms with Crippen molar-refractivity contribution in [2.45, 2.75) is 19.3 Å². The van der Waals surface area contributed by atoms with Crippen molar-refractivity contribution < 1.29 is 9.47 Å². The minimum atomic E-state index is 0.616. The van der Waals surface area contributed by atoms with Crippen LogP contribution < -0.4 is 9.47 Å². The SMILES string of the molecule is c1c2c(cc3[nH]c(CCN4CCCC4)nc13)OCCO2. The summed E-state index contributed by atoms with van der Waals surface area (Å²) in [7, 11) is 0. The molecule has 20 heavy (non-hydrogen) atoms. The molecular formula is C15H19N3O2. The monoisotopic (exact) mass is 273 g/mol. The molecule has 5 heteroatoms. The van der Waals surface area contributed by atoms with Gasteiger partial charge in [-0.1, -0.05) is 0 Å². The lowest BCUT2D eigenvalue weighted by molar-refractivity contribution is 0.172. The van der Waals surface area contributed by atoms with Crippen LogP contribution in [-0.2, 0) is 6.42 Å². The first kappa shape index (κ1) is 12.0. The molecule has 0 bridgehead atoms. The fourth-order valence-corrected chi connectivity index (χ4v) is 2.99. The Labute approximate surface area is 117 Å². The molecule has 1 fully saturated rings. The Morgan fingerprint density at radius 1 is 1.10 bits per heavy atom. The van der Waals surface area contributed by atoms with Gasteiger partial charge >= 0.3 is 0 Å². The van der Waals surface area contributed by atoms with Crippen LogP contribution >= 0.6 is 0 Å².